The van der Waals surface area contributed by atoms with Crippen molar-refractivity contribution < 1.29 is 18.9 Å². The highest BCUT2D eigenvalue weighted by molar-refractivity contribution is 5.15. The Morgan fingerprint density at radius 2 is 1.12 bits per heavy atom. The summed E-state index contributed by atoms with van der Waals surface area (Å²) in [6, 6.07) is 8.23. The molecule has 26 heavy (non-hydrogen) atoms. The molecular formula is C20H26N2O4. The van der Waals surface area contributed by atoms with Gasteiger partial charge in [-0.15, -0.1) is 0 Å². The molecule has 0 N–H and O–H groups in total. The second-order valence-electron chi connectivity index (χ2n) is 6.27. The molecule has 0 radical (unpaired) electrons. The third-order valence-corrected chi connectivity index (χ3v) is 3.99. The number of nitrogens with zero attached hydrogens (tertiary/aromatic N) is 2. The van der Waals surface area contributed by atoms with E-state index in [9.17, 15) is 0 Å². The third-order valence-electron chi connectivity index (χ3n) is 3.99. The minimum atomic E-state index is 0.358. The predicted octanol–water partition coefficient (Wildman–Crippen LogP) is 2.08. The minimum Gasteiger partial charge on any atom is -0.376 e. The van der Waals surface area contributed by atoms with Crippen LogP contribution >= 0.6 is 0 Å². The lowest BCUT2D eigenvalue weighted by Gasteiger charge is -2.02. The van der Waals surface area contributed by atoms with Crippen molar-refractivity contribution >= 4 is 0 Å². The van der Waals surface area contributed by atoms with E-state index in [-0.39, 0.29) is 0 Å². The molecule has 0 bridgehead atoms. The van der Waals surface area contributed by atoms with Gasteiger partial charge in [-0.05, 0) is 48.2 Å². The first-order valence-corrected chi connectivity index (χ1v) is 9.06. The smallest absolute Gasteiger partial charge is 0.104 e. The maximum atomic E-state index is 5.27. The molecule has 0 amide bonds. The quantitative estimate of drug-likeness (QED) is 0.478. The summed E-state index contributed by atoms with van der Waals surface area (Å²) in [6.45, 7) is 4.46. The fraction of sp³-hybridized carbons (Fsp3) is 0.500. The number of hydrogen-bond acceptors (Lipinski definition) is 6. The van der Waals surface area contributed by atoms with Crippen molar-refractivity contribution in [3.63, 3.8) is 0 Å². The molecule has 2 aromatic rings. The number of ether oxygens (including phenoxy) is 4. The van der Waals surface area contributed by atoms with E-state index >= 15 is 0 Å². The molecule has 2 aliphatic heterocycles. The van der Waals surface area contributed by atoms with Crippen molar-refractivity contribution in [2.75, 3.05) is 39.6 Å². The molecule has 0 spiro atoms. The average Bonchev–Trinajstić information content (AvgIpc) is 3.60. The lowest BCUT2D eigenvalue weighted by atomic mass is 10.1. The maximum absolute atomic E-state index is 5.27. The third kappa shape index (κ3) is 8.49. The van der Waals surface area contributed by atoms with E-state index in [4.69, 9.17) is 18.9 Å². The summed E-state index contributed by atoms with van der Waals surface area (Å²) in [5.41, 5.74) is 2.66. The van der Waals surface area contributed by atoms with Gasteiger partial charge in [0.1, 0.15) is 12.2 Å². The molecule has 2 aromatic heterocycles. The van der Waals surface area contributed by atoms with Gasteiger partial charge in [-0.1, -0.05) is 0 Å². The highest BCUT2D eigenvalue weighted by atomic mass is 16.6. The number of rotatable bonds is 10. The Morgan fingerprint density at radius 3 is 1.46 bits per heavy atom. The molecule has 6 heteroatoms. The van der Waals surface area contributed by atoms with Gasteiger partial charge in [-0.3, -0.25) is 9.97 Å². The summed E-state index contributed by atoms with van der Waals surface area (Å²) in [6.07, 6.45) is 10.2. The Hall–Kier alpha value is -1.86. The van der Waals surface area contributed by atoms with Crippen LogP contribution in [0.1, 0.15) is 11.1 Å². The van der Waals surface area contributed by atoms with Crippen LogP contribution in [0.3, 0.4) is 0 Å². The highest BCUT2D eigenvalue weighted by Crippen LogP contribution is 2.09. The second-order valence-corrected chi connectivity index (χ2v) is 6.27. The molecule has 6 nitrogen and oxygen atoms in total. The van der Waals surface area contributed by atoms with Gasteiger partial charge in [0.05, 0.1) is 39.6 Å². The molecule has 4 heterocycles. The fourth-order valence-electron chi connectivity index (χ4n) is 2.26. The van der Waals surface area contributed by atoms with E-state index in [0.29, 0.717) is 38.6 Å². The molecule has 2 aliphatic rings. The number of aromatic nitrogens is 2. The first-order chi connectivity index (χ1) is 12.9. The minimum absolute atomic E-state index is 0.358. The van der Waals surface area contributed by atoms with Gasteiger partial charge in [-0.2, -0.15) is 0 Å². The molecule has 4 rings (SSSR count). The summed E-state index contributed by atoms with van der Waals surface area (Å²) >= 11 is 0. The first-order valence-electron chi connectivity index (χ1n) is 9.06. The average molecular weight is 358 g/mol. The van der Waals surface area contributed by atoms with Gasteiger partial charge in [0.25, 0.3) is 0 Å². The van der Waals surface area contributed by atoms with Crippen LogP contribution < -0.4 is 0 Å². The SMILES string of the molecule is C(COCC1CO1)OCC1CO1.c1cc(CCc2ccncc2)ccn1. The van der Waals surface area contributed by atoms with Gasteiger partial charge >= 0.3 is 0 Å². The van der Waals surface area contributed by atoms with Crippen LogP contribution in [0.15, 0.2) is 49.1 Å². The van der Waals surface area contributed by atoms with Gasteiger partial charge < -0.3 is 18.9 Å². The summed E-state index contributed by atoms with van der Waals surface area (Å²) < 4.78 is 20.5. The first kappa shape index (κ1) is 18.9. The van der Waals surface area contributed by atoms with Crippen molar-refractivity contribution in [2.24, 2.45) is 0 Å². The van der Waals surface area contributed by atoms with Crippen LogP contribution in [0, 0.1) is 0 Å². The van der Waals surface area contributed by atoms with E-state index in [2.05, 4.69) is 34.2 Å². The Kier molecular flexibility index (Phi) is 7.99. The van der Waals surface area contributed by atoms with Gasteiger partial charge in [-0.25, -0.2) is 0 Å². The van der Waals surface area contributed by atoms with Crippen molar-refractivity contribution in [1.82, 2.24) is 9.97 Å². The molecular weight excluding hydrogens is 332 g/mol. The van der Waals surface area contributed by atoms with Crippen LogP contribution in [0.4, 0.5) is 0 Å². The molecule has 2 atom stereocenters. The lowest BCUT2D eigenvalue weighted by Crippen LogP contribution is -2.10. The van der Waals surface area contributed by atoms with E-state index in [1.807, 2.05) is 24.8 Å². The Balaban J connectivity index is 0.000000152. The van der Waals surface area contributed by atoms with Crippen LogP contribution in [0.25, 0.3) is 0 Å². The zero-order chi connectivity index (χ0) is 17.9. The highest BCUT2D eigenvalue weighted by Gasteiger charge is 2.23. The van der Waals surface area contributed by atoms with Crippen LogP contribution in [0.5, 0.6) is 0 Å². The van der Waals surface area contributed by atoms with E-state index in [0.717, 1.165) is 26.1 Å². The maximum Gasteiger partial charge on any atom is 0.104 e. The number of aryl methyl sites for hydroxylation is 2. The molecule has 2 fully saturated rings. The molecule has 0 aromatic carbocycles. The standard InChI is InChI=1S/C12H12N2.C8H14O4/c1(11-3-7-13-8-4-11)2-12-5-9-14-10-6-12;1(9-3-7-5-11-7)2-10-4-8-6-12-8/h3-10H,1-2H2;7-8H,1-6H2. The van der Waals surface area contributed by atoms with E-state index in [1.54, 1.807) is 0 Å². The largest absolute Gasteiger partial charge is 0.376 e. The Morgan fingerprint density at radius 1 is 0.731 bits per heavy atom. The summed E-state index contributed by atoms with van der Waals surface area (Å²) in [5.74, 6) is 0. The zero-order valence-electron chi connectivity index (χ0n) is 15.0. The normalized spacial score (nSPS) is 20.2. The Bertz CT molecular complexity index is 548. The molecule has 0 saturated carbocycles. The number of hydrogen-bond donors (Lipinski definition) is 0. The van der Waals surface area contributed by atoms with Crippen LogP contribution in [-0.4, -0.2) is 61.8 Å². The van der Waals surface area contributed by atoms with E-state index < -0.39 is 0 Å². The molecule has 0 aliphatic carbocycles. The van der Waals surface area contributed by atoms with Gasteiger partial charge in [0.15, 0.2) is 0 Å². The zero-order valence-corrected chi connectivity index (χ0v) is 15.0. The fourth-order valence-corrected chi connectivity index (χ4v) is 2.26. The van der Waals surface area contributed by atoms with Crippen LogP contribution in [-0.2, 0) is 31.8 Å². The van der Waals surface area contributed by atoms with Crippen LogP contribution in [0.2, 0.25) is 0 Å². The predicted molar refractivity (Wildman–Crippen MR) is 97.0 cm³/mol. The van der Waals surface area contributed by atoms with Crippen molar-refractivity contribution in [2.45, 2.75) is 25.0 Å². The second kappa shape index (κ2) is 11.0. The molecule has 2 unspecified atom stereocenters. The van der Waals surface area contributed by atoms with Gasteiger partial charge in [0, 0.05) is 24.8 Å². The van der Waals surface area contributed by atoms with Gasteiger partial charge in [0.2, 0.25) is 0 Å². The summed E-state index contributed by atoms with van der Waals surface area (Å²) in [5, 5.41) is 0. The molecule has 140 valence electrons. The van der Waals surface area contributed by atoms with Crippen molar-refractivity contribution in [3.05, 3.63) is 60.2 Å². The van der Waals surface area contributed by atoms with E-state index in [1.165, 1.54) is 11.1 Å². The lowest BCUT2D eigenvalue weighted by molar-refractivity contribution is 0.0366. The monoisotopic (exact) mass is 358 g/mol. The van der Waals surface area contributed by atoms with Crippen molar-refractivity contribution in [1.29, 1.82) is 0 Å². The number of pyridine rings is 2. The number of epoxide rings is 2. The topological polar surface area (TPSA) is 69.3 Å². The summed E-state index contributed by atoms with van der Waals surface area (Å²) in [7, 11) is 0. The summed E-state index contributed by atoms with van der Waals surface area (Å²) in [4.78, 5) is 7.98. The Labute approximate surface area is 154 Å². The van der Waals surface area contributed by atoms with Crippen molar-refractivity contribution in [3.8, 4) is 0 Å². The molecule has 2 saturated heterocycles.